The van der Waals surface area contributed by atoms with Crippen molar-refractivity contribution in [3.05, 3.63) is 29.8 Å². The first-order valence-electron chi connectivity index (χ1n) is 7.24. The van der Waals surface area contributed by atoms with Gasteiger partial charge in [0.05, 0.1) is 0 Å². The molecule has 3 nitrogen and oxygen atoms in total. The van der Waals surface area contributed by atoms with Gasteiger partial charge in [0, 0.05) is 24.8 Å². The highest BCUT2D eigenvalue weighted by molar-refractivity contribution is 5.35. The smallest absolute Gasteiger partial charge is 0.387 e. The van der Waals surface area contributed by atoms with Crippen molar-refractivity contribution in [1.29, 1.82) is 0 Å². The Hall–Kier alpha value is -1.20. The third-order valence-electron chi connectivity index (χ3n) is 3.50. The zero-order valence-corrected chi connectivity index (χ0v) is 12.9. The number of ether oxygens (including phenoxy) is 1. The van der Waals surface area contributed by atoms with Crippen LogP contribution in [0.15, 0.2) is 24.3 Å². The van der Waals surface area contributed by atoms with Crippen LogP contribution in [-0.4, -0.2) is 24.9 Å². The minimum absolute atomic E-state index is 0.0372. The van der Waals surface area contributed by atoms with E-state index in [1.54, 1.807) is 18.2 Å². The second-order valence-corrected chi connectivity index (χ2v) is 6.01. The second-order valence-electron chi connectivity index (χ2n) is 6.01. The average Bonchev–Trinajstić information content (AvgIpc) is 2.43. The van der Waals surface area contributed by atoms with E-state index in [4.69, 9.17) is 5.11 Å². The normalized spacial score (nSPS) is 13.5. The lowest BCUT2D eigenvalue weighted by Crippen LogP contribution is -2.31. The van der Waals surface area contributed by atoms with Gasteiger partial charge < -0.3 is 15.2 Å². The van der Waals surface area contributed by atoms with Gasteiger partial charge >= 0.3 is 6.61 Å². The summed E-state index contributed by atoms with van der Waals surface area (Å²) in [5, 5.41) is 12.3. The molecule has 0 bridgehead atoms. The van der Waals surface area contributed by atoms with Crippen LogP contribution in [-0.2, 0) is 0 Å². The molecule has 2 N–H and O–H groups in total. The zero-order valence-electron chi connectivity index (χ0n) is 12.9. The third-order valence-corrected chi connectivity index (χ3v) is 3.50. The topological polar surface area (TPSA) is 41.5 Å². The van der Waals surface area contributed by atoms with Crippen molar-refractivity contribution < 1.29 is 18.6 Å². The van der Waals surface area contributed by atoms with Crippen molar-refractivity contribution in [1.82, 2.24) is 5.32 Å². The monoisotopic (exact) mass is 301 g/mol. The highest BCUT2D eigenvalue weighted by atomic mass is 19.3. The van der Waals surface area contributed by atoms with Gasteiger partial charge in [-0.25, -0.2) is 0 Å². The lowest BCUT2D eigenvalue weighted by molar-refractivity contribution is -0.0506. The van der Waals surface area contributed by atoms with E-state index in [0.717, 1.165) is 24.9 Å². The van der Waals surface area contributed by atoms with Crippen LogP contribution in [0.3, 0.4) is 0 Å². The Morgan fingerprint density at radius 3 is 2.57 bits per heavy atom. The number of alkyl halides is 2. The Labute approximate surface area is 125 Å². The van der Waals surface area contributed by atoms with Gasteiger partial charge in [-0.1, -0.05) is 32.0 Å². The van der Waals surface area contributed by atoms with E-state index < -0.39 is 6.61 Å². The zero-order chi connectivity index (χ0) is 15.9. The molecule has 0 aromatic heterocycles. The summed E-state index contributed by atoms with van der Waals surface area (Å²) in [6.45, 7) is 4.25. The van der Waals surface area contributed by atoms with Gasteiger partial charge in [-0.2, -0.15) is 8.78 Å². The first-order valence-corrected chi connectivity index (χ1v) is 7.24. The van der Waals surface area contributed by atoms with E-state index >= 15 is 0 Å². The SMILES string of the molecule is CC(NCC(C)(C)CCCO)c1ccccc1OC(F)F. The summed E-state index contributed by atoms with van der Waals surface area (Å²) >= 11 is 0. The number of aliphatic hydroxyl groups is 1. The van der Waals surface area contributed by atoms with Gasteiger partial charge in [-0.05, 0) is 31.2 Å². The van der Waals surface area contributed by atoms with Crippen molar-refractivity contribution in [2.24, 2.45) is 5.41 Å². The summed E-state index contributed by atoms with van der Waals surface area (Å²) in [4.78, 5) is 0. The van der Waals surface area contributed by atoms with Crippen molar-refractivity contribution in [3.8, 4) is 5.75 Å². The Kier molecular flexibility index (Phi) is 7.05. The van der Waals surface area contributed by atoms with Crippen LogP contribution in [0.4, 0.5) is 8.78 Å². The summed E-state index contributed by atoms with van der Waals surface area (Å²) in [5.41, 5.74) is 0.756. The van der Waals surface area contributed by atoms with Crippen LogP contribution >= 0.6 is 0 Å². The van der Waals surface area contributed by atoms with Crippen LogP contribution in [0.5, 0.6) is 5.75 Å². The largest absolute Gasteiger partial charge is 0.434 e. The summed E-state index contributed by atoms with van der Waals surface area (Å²) < 4.78 is 29.4. The Morgan fingerprint density at radius 2 is 1.95 bits per heavy atom. The van der Waals surface area contributed by atoms with Gasteiger partial charge in [0.15, 0.2) is 0 Å². The minimum Gasteiger partial charge on any atom is -0.434 e. The fourth-order valence-corrected chi connectivity index (χ4v) is 2.23. The maximum absolute atomic E-state index is 12.4. The number of rotatable bonds is 9. The van der Waals surface area contributed by atoms with Crippen LogP contribution in [0.2, 0.25) is 0 Å². The fourth-order valence-electron chi connectivity index (χ4n) is 2.23. The van der Waals surface area contributed by atoms with Gasteiger partial charge in [0.25, 0.3) is 0 Å². The highest BCUT2D eigenvalue weighted by Crippen LogP contribution is 2.28. The fraction of sp³-hybridized carbons (Fsp3) is 0.625. The average molecular weight is 301 g/mol. The van der Waals surface area contributed by atoms with E-state index in [1.165, 1.54) is 0 Å². The lowest BCUT2D eigenvalue weighted by Gasteiger charge is -2.27. The minimum atomic E-state index is -2.82. The molecule has 0 saturated heterocycles. The van der Waals surface area contributed by atoms with Crippen molar-refractivity contribution in [3.63, 3.8) is 0 Å². The van der Waals surface area contributed by atoms with Crippen LogP contribution in [0.25, 0.3) is 0 Å². The number of aliphatic hydroxyl groups excluding tert-OH is 1. The quantitative estimate of drug-likeness (QED) is 0.730. The predicted molar refractivity (Wildman–Crippen MR) is 79.6 cm³/mol. The van der Waals surface area contributed by atoms with Gasteiger partial charge in [0.1, 0.15) is 5.75 Å². The summed E-state index contributed by atoms with van der Waals surface area (Å²) in [6.07, 6.45) is 1.66. The third kappa shape index (κ3) is 6.40. The van der Waals surface area contributed by atoms with Gasteiger partial charge in [-0.15, -0.1) is 0 Å². The molecule has 0 amide bonds. The molecule has 1 aromatic carbocycles. The molecule has 1 unspecified atom stereocenters. The first-order chi connectivity index (χ1) is 9.85. The van der Waals surface area contributed by atoms with E-state index in [9.17, 15) is 8.78 Å². The molecule has 0 fully saturated rings. The Bertz CT molecular complexity index is 424. The molecule has 1 atom stereocenters. The maximum Gasteiger partial charge on any atom is 0.387 e. The molecular weight excluding hydrogens is 276 g/mol. The highest BCUT2D eigenvalue weighted by Gasteiger charge is 2.20. The van der Waals surface area contributed by atoms with Crippen LogP contribution < -0.4 is 10.1 Å². The molecule has 21 heavy (non-hydrogen) atoms. The Balaban J connectivity index is 2.65. The molecule has 0 spiro atoms. The molecular formula is C16H25F2NO2. The van der Waals surface area contributed by atoms with E-state index in [0.29, 0.717) is 0 Å². The molecule has 0 aliphatic rings. The number of hydrogen-bond donors (Lipinski definition) is 2. The summed E-state index contributed by atoms with van der Waals surface area (Å²) in [6, 6.07) is 6.74. The number of nitrogens with one attached hydrogen (secondary N) is 1. The van der Waals surface area contributed by atoms with Crippen molar-refractivity contribution >= 4 is 0 Å². The van der Waals surface area contributed by atoms with E-state index in [1.807, 2.05) is 13.0 Å². The molecule has 0 aliphatic heterocycles. The maximum atomic E-state index is 12.4. The molecule has 0 saturated carbocycles. The molecule has 120 valence electrons. The van der Waals surface area contributed by atoms with E-state index in [-0.39, 0.29) is 23.8 Å². The van der Waals surface area contributed by atoms with Gasteiger partial charge in [0.2, 0.25) is 0 Å². The summed E-state index contributed by atoms with van der Waals surface area (Å²) in [7, 11) is 0. The standard InChI is InChI=1S/C16H25F2NO2/c1-12(19-11-16(2,3)9-6-10-20)13-7-4-5-8-14(13)21-15(17)18/h4-5,7-8,12,15,19-20H,6,9-11H2,1-3H3. The number of hydrogen-bond acceptors (Lipinski definition) is 3. The molecule has 1 rings (SSSR count). The van der Waals surface area contributed by atoms with E-state index in [2.05, 4.69) is 23.9 Å². The molecule has 0 aliphatic carbocycles. The van der Waals surface area contributed by atoms with Crippen LogP contribution in [0.1, 0.15) is 45.2 Å². The molecule has 0 heterocycles. The molecule has 1 aromatic rings. The second kappa shape index (κ2) is 8.29. The summed E-state index contributed by atoms with van der Waals surface area (Å²) in [5.74, 6) is 0.209. The van der Waals surface area contributed by atoms with Gasteiger partial charge in [-0.3, -0.25) is 0 Å². The number of para-hydroxylation sites is 1. The molecule has 0 radical (unpaired) electrons. The lowest BCUT2D eigenvalue weighted by atomic mass is 9.87. The van der Waals surface area contributed by atoms with Crippen molar-refractivity contribution in [2.45, 2.75) is 46.3 Å². The Morgan fingerprint density at radius 1 is 1.29 bits per heavy atom. The first kappa shape index (κ1) is 17.9. The number of halogens is 2. The molecule has 5 heteroatoms. The predicted octanol–water partition coefficient (Wildman–Crippen LogP) is 3.74. The van der Waals surface area contributed by atoms with Crippen molar-refractivity contribution in [2.75, 3.05) is 13.2 Å². The van der Waals surface area contributed by atoms with Crippen LogP contribution in [0, 0.1) is 5.41 Å². The number of benzene rings is 1.